The molecule has 0 bridgehead atoms. The molecule has 208 valence electrons. The number of benzene rings is 1. The molecule has 5 rings (SSSR count). The zero-order chi connectivity index (χ0) is 27.3. The average molecular weight is 565 g/mol. The number of fused-ring (bicyclic) bond motifs is 1. The molecular formula is C27H37ClN4O5S. The normalized spacial score (nSPS) is 26.1. The fourth-order valence-electron chi connectivity index (χ4n) is 5.09. The van der Waals surface area contributed by atoms with Gasteiger partial charge in [0.05, 0.1) is 17.4 Å². The Hall–Kier alpha value is -2.21. The van der Waals surface area contributed by atoms with Gasteiger partial charge in [-0.3, -0.25) is 0 Å². The summed E-state index contributed by atoms with van der Waals surface area (Å²) in [5, 5.41) is 31.8. The van der Waals surface area contributed by atoms with Crippen LogP contribution in [0.5, 0.6) is 5.75 Å². The van der Waals surface area contributed by atoms with Gasteiger partial charge in [0.25, 0.3) is 0 Å². The van der Waals surface area contributed by atoms with E-state index in [1.165, 1.54) is 11.3 Å². The van der Waals surface area contributed by atoms with E-state index in [2.05, 4.69) is 21.8 Å². The van der Waals surface area contributed by atoms with Crippen LogP contribution in [0.25, 0.3) is 10.9 Å². The number of aliphatic hydroxyl groups excluding tert-OH is 1. The first-order valence-electron chi connectivity index (χ1n) is 13.1. The molecule has 3 aromatic rings. The number of halogens is 1. The van der Waals surface area contributed by atoms with Crippen molar-refractivity contribution in [2.24, 2.45) is 11.7 Å². The molecule has 0 unspecified atom stereocenters. The highest BCUT2D eigenvalue weighted by atomic mass is 35.5. The molecule has 1 saturated heterocycles. The molecule has 6 N–H and O–H groups in total. The van der Waals surface area contributed by atoms with Crippen LogP contribution < -0.4 is 10.5 Å². The molecule has 38 heavy (non-hydrogen) atoms. The topological polar surface area (TPSA) is 145 Å². The second-order valence-electron chi connectivity index (χ2n) is 10.5. The summed E-state index contributed by atoms with van der Waals surface area (Å²) in [5.74, 6) is -0.0398. The summed E-state index contributed by atoms with van der Waals surface area (Å²) in [7, 11) is 0. The second kappa shape index (κ2) is 12.8. The van der Waals surface area contributed by atoms with Gasteiger partial charge >= 0.3 is 5.97 Å². The van der Waals surface area contributed by atoms with Crippen molar-refractivity contribution in [1.82, 2.24) is 14.9 Å². The number of aromatic nitrogens is 2. The molecule has 2 aliphatic rings. The fourth-order valence-corrected chi connectivity index (χ4v) is 5.85. The van der Waals surface area contributed by atoms with Gasteiger partial charge in [-0.2, -0.15) is 0 Å². The van der Waals surface area contributed by atoms with Gasteiger partial charge < -0.3 is 35.7 Å². The molecule has 0 amide bonds. The van der Waals surface area contributed by atoms with Gasteiger partial charge in [-0.1, -0.05) is 24.6 Å². The van der Waals surface area contributed by atoms with Crippen molar-refractivity contribution in [3.05, 3.63) is 45.5 Å². The molecule has 1 saturated carbocycles. The first-order valence-corrected chi connectivity index (χ1v) is 14.3. The van der Waals surface area contributed by atoms with Crippen molar-refractivity contribution in [3.63, 3.8) is 0 Å². The van der Waals surface area contributed by atoms with Crippen LogP contribution in [0.2, 0.25) is 4.47 Å². The number of aromatic carboxylic acids is 1. The van der Waals surface area contributed by atoms with Gasteiger partial charge in [0.1, 0.15) is 18.1 Å². The quantitative estimate of drug-likeness (QED) is 0.286. The second-order valence-corrected chi connectivity index (χ2v) is 12.0. The molecule has 1 aromatic carbocycles. The predicted molar refractivity (Wildman–Crippen MR) is 149 cm³/mol. The molecular weight excluding hydrogens is 528 g/mol. The van der Waals surface area contributed by atoms with Gasteiger partial charge in [0.2, 0.25) is 0 Å². The maximum absolute atomic E-state index is 11.0. The molecule has 2 atom stereocenters. The molecule has 3 heterocycles. The number of rotatable bonds is 7. The Kier molecular flexibility index (Phi) is 9.67. The van der Waals surface area contributed by atoms with E-state index in [-0.39, 0.29) is 24.4 Å². The van der Waals surface area contributed by atoms with E-state index in [0.717, 1.165) is 74.8 Å². The van der Waals surface area contributed by atoms with Crippen LogP contribution in [0.15, 0.2) is 29.6 Å². The van der Waals surface area contributed by atoms with Gasteiger partial charge in [-0.15, -0.1) is 11.3 Å². The van der Waals surface area contributed by atoms with Crippen LogP contribution in [0.4, 0.5) is 0 Å². The Balaban J connectivity index is 0.000000178. The van der Waals surface area contributed by atoms with Crippen molar-refractivity contribution >= 4 is 39.8 Å². The fraction of sp³-hybridized carbons (Fsp3) is 0.556. The molecule has 2 aromatic heterocycles. The highest BCUT2D eigenvalue weighted by Crippen LogP contribution is 2.31. The third kappa shape index (κ3) is 7.68. The van der Waals surface area contributed by atoms with Crippen LogP contribution >= 0.6 is 22.9 Å². The minimum Gasteiger partial charge on any atom is -0.487 e. The summed E-state index contributed by atoms with van der Waals surface area (Å²) in [6.45, 7) is 5.25. The minimum absolute atomic E-state index is 0.132. The number of aromatic amines is 1. The lowest BCUT2D eigenvalue weighted by atomic mass is 9.80. The predicted octanol–water partition coefficient (Wildman–Crippen LogP) is 4.27. The largest absolute Gasteiger partial charge is 0.487 e. The van der Waals surface area contributed by atoms with Crippen molar-refractivity contribution in [2.75, 3.05) is 19.6 Å². The van der Waals surface area contributed by atoms with E-state index in [9.17, 15) is 15.0 Å². The molecule has 1 aliphatic heterocycles. The van der Waals surface area contributed by atoms with Gasteiger partial charge in [-0.25, -0.2) is 9.78 Å². The van der Waals surface area contributed by atoms with E-state index < -0.39 is 11.6 Å². The zero-order valence-corrected chi connectivity index (χ0v) is 23.2. The Morgan fingerprint density at radius 1 is 1.34 bits per heavy atom. The van der Waals surface area contributed by atoms with Crippen LogP contribution in [-0.2, 0) is 6.61 Å². The molecule has 0 radical (unpaired) electrons. The van der Waals surface area contributed by atoms with Gasteiger partial charge in [0.15, 0.2) is 4.47 Å². The number of hydrogen-bond acceptors (Lipinski definition) is 8. The highest BCUT2D eigenvalue weighted by molar-refractivity contribution is 7.13. The van der Waals surface area contributed by atoms with E-state index in [1.807, 2.05) is 5.38 Å². The molecule has 0 spiro atoms. The number of ether oxygens (including phenoxy) is 1. The third-order valence-electron chi connectivity index (χ3n) is 7.55. The standard InChI is InChI=1S/C14H28N2O2.C13H9ClN2O3S/c1-11-10-16(8-4-13(11)17)9-7-14(18)5-2-12(15)3-6-14;14-13-15-7(6-20-13)5-19-11-3-1-2-9-8(11)4-10(16-9)12(17)18/h11-13,17-18H,2-10,15H2,1H3;1-4,6,16H,5H2,(H,17,18)/t11-,12?,13-,14?;/m0./s1. The summed E-state index contributed by atoms with van der Waals surface area (Å²) < 4.78 is 6.15. The van der Waals surface area contributed by atoms with Crippen molar-refractivity contribution in [2.45, 2.75) is 69.8 Å². The lowest BCUT2D eigenvalue weighted by Gasteiger charge is -2.39. The van der Waals surface area contributed by atoms with E-state index in [4.69, 9.17) is 27.2 Å². The summed E-state index contributed by atoms with van der Waals surface area (Å²) in [4.78, 5) is 20.3. The number of carbonyl (C=O) groups is 1. The molecule has 2 fully saturated rings. The summed E-state index contributed by atoms with van der Waals surface area (Å²) in [6, 6.07) is 7.23. The summed E-state index contributed by atoms with van der Waals surface area (Å²) >= 11 is 7.10. The average Bonchev–Trinajstić information content (AvgIpc) is 3.52. The number of H-pyrrole nitrogens is 1. The first-order chi connectivity index (χ1) is 18.1. The number of thiazole rings is 1. The molecule has 11 heteroatoms. The molecule has 9 nitrogen and oxygen atoms in total. The number of carboxylic acid groups (broad SMARTS) is 1. The lowest BCUT2D eigenvalue weighted by molar-refractivity contribution is -0.0252. The Labute approximate surface area is 231 Å². The number of nitrogens with one attached hydrogen (secondary N) is 1. The number of hydrogen-bond donors (Lipinski definition) is 5. The van der Waals surface area contributed by atoms with E-state index >= 15 is 0 Å². The van der Waals surface area contributed by atoms with Crippen LogP contribution in [-0.4, -0.2) is 73.5 Å². The molecule has 1 aliphatic carbocycles. The lowest BCUT2D eigenvalue weighted by Crippen LogP contribution is -2.45. The van der Waals surface area contributed by atoms with Crippen molar-refractivity contribution < 1.29 is 24.9 Å². The third-order valence-corrected chi connectivity index (χ3v) is 8.58. The maximum atomic E-state index is 11.0. The maximum Gasteiger partial charge on any atom is 0.352 e. The number of carboxylic acids is 1. The number of nitrogens with two attached hydrogens (primary N) is 1. The monoisotopic (exact) mass is 564 g/mol. The Morgan fingerprint density at radius 3 is 2.76 bits per heavy atom. The Bertz CT molecular complexity index is 1210. The van der Waals surface area contributed by atoms with Crippen LogP contribution in [0.3, 0.4) is 0 Å². The van der Waals surface area contributed by atoms with Crippen molar-refractivity contribution in [1.29, 1.82) is 0 Å². The van der Waals surface area contributed by atoms with Gasteiger partial charge in [0, 0.05) is 42.0 Å². The van der Waals surface area contributed by atoms with Crippen LogP contribution in [0, 0.1) is 5.92 Å². The van der Waals surface area contributed by atoms with Gasteiger partial charge in [-0.05, 0) is 62.6 Å². The van der Waals surface area contributed by atoms with E-state index in [0.29, 0.717) is 16.1 Å². The smallest absolute Gasteiger partial charge is 0.352 e. The SMILES string of the molecule is C[C@H]1CN(CCC2(O)CCC(N)CC2)CC[C@@H]1O.O=C(O)c1cc2c(OCc3csc(Cl)n3)cccc2[nH]1. The van der Waals surface area contributed by atoms with Crippen molar-refractivity contribution in [3.8, 4) is 5.75 Å². The number of nitrogens with zero attached hydrogens (tertiary/aromatic N) is 2. The summed E-state index contributed by atoms with van der Waals surface area (Å²) in [5.41, 5.74) is 6.98. The Morgan fingerprint density at radius 2 is 2.11 bits per heavy atom. The minimum atomic E-state index is -1.00. The number of aliphatic hydroxyl groups is 2. The highest BCUT2D eigenvalue weighted by Gasteiger charge is 2.33. The summed E-state index contributed by atoms with van der Waals surface area (Å²) in [6.07, 6.45) is 5.17. The number of piperidine rings is 1. The zero-order valence-electron chi connectivity index (χ0n) is 21.6. The van der Waals surface area contributed by atoms with Crippen LogP contribution in [0.1, 0.15) is 61.6 Å². The number of likely N-dealkylation sites (tertiary alicyclic amines) is 1. The van der Waals surface area contributed by atoms with E-state index in [1.54, 1.807) is 24.3 Å². The first kappa shape index (κ1) is 28.8.